The highest BCUT2D eigenvalue weighted by Crippen LogP contribution is 2.22. The molecule has 0 fully saturated rings. The minimum Gasteiger partial charge on any atom is -0.406 e. The number of rotatable bonds is 5. The molecule has 0 aliphatic heterocycles. The maximum atomic E-state index is 13.6. The number of nitrogens with one attached hydrogen (secondary N) is 2. The van der Waals surface area contributed by atoms with Crippen LogP contribution in [0.1, 0.15) is 18.4 Å². The summed E-state index contributed by atoms with van der Waals surface area (Å²) in [6, 6.07) is 5.03. The average Bonchev–Trinajstić information content (AvgIpc) is 2.79. The van der Waals surface area contributed by atoms with E-state index >= 15 is 0 Å². The van der Waals surface area contributed by atoms with E-state index in [1.807, 2.05) is 6.92 Å². The second-order valence-corrected chi connectivity index (χ2v) is 3.84. The van der Waals surface area contributed by atoms with Crippen molar-refractivity contribution in [1.82, 2.24) is 15.5 Å². The Morgan fingerprint density at radius 3 is 2.89 bits per heavy atom. The number of benzene rings is 1. The third-order valence-corrected chi connectivity index (χ3v) is 2.45. The third-order valence-electron chi connectivity index (χ3n) is 2.45. The lowest BCUT2D eigenvalue weighted by atomic mass is 10.2. The molecule has 0 radical (unpaired) electrons. The lowest BCUT2D eigenvalue weighted by Crippen LogP contribution is -2.11. The van der Waals surface area contributed by atoms with Crippen LogP contribution in [0.15, 0.2) is 22.6 Å². The van der Waals surface area contributed by atoms with Gasteiger partial charge >= 0.3 is 6.01 Å². The number of anilines is 2. The van der Waals surface area contributed by atoms with Crippen LogP contribution in [-0.2, 0) is 6.54 Å². The molecule has 1 aromatic heterocycles. The van der Waals surface area contributed by atoms with Crippen molar-refractivity contribution < 1.29 is 8.81 Å². The van der Waals surface area contributed by atoms with Gasteiger partial charge in [0, 0.05) is 0 Å². The molecule has 2 aromatic rings. The first-order valence-corrected chi connectivity index (χ1v) is 5.76. The number of aryl methyl sites for hydroxylation is 1. The molecule has 96 valence electrons. The summed E-state index contributed by atoms with van der Waals surface area (Å²) in [5, 5.41) is 13.5. The summed E-state index contributed by atoms with van der Waals surface area (Å²) in [6.07, 6.45) is 0. The Hall–Kier alpha value is -1.95. The van der Waals surface area contributed by atoms with Gasteiger partial charge in [-0.05, 0) is 25.1 Å². The first-order valence-electron chi connectivity index (χ1n) is 5.76. The van der Waals surface area contributed by atoms with Crippen LogP contribution >= 0.6 is 0 Å². The van der Waals surface area contributed by atoms with Crippen molar-refractivity contribution in [1.29, 1.82) is 0 Å². The quantitative estimate of drug-likeness (QED) is 0.853. The average molecular weight is 250 g/mol. The van der Waals surface area contributed by atoms with Crippen molar-refractivity contribution in [3.8, 4) is 0 Å². The van der Waals surface area contributed by atoms with Crippen molar-refractivity contribution in [3.05, 3.63) is 35.5 Å². The molecule has 0 bridgehead atoms. The molecule has 6 heteroatoms. The van der Waals surface area contributed by atoms with Crippen molar-refractivity contribution in [3.63, 3.8) is 0 Å². The second kappa shape index (κ2) is 5.59. The molecule has 0 saturated heterocycles. The Bertz CT molecular complexity index is 506. The van der Waals surface area contributed by atoms with Crippen LogP contribution in [0.2, 0.25) is 0 Å². The molecule has 5 nitrogen and oxygen atoms in total. The minimum absolute atomic E-state index is 0.191. The zero-order chi connectivity index (χ0) is 13.0. The summed E-state index contributed by atoms with van der Waals surface area (Å²) in [4.78, 5) is 0. The van der Waals surface area contributed by atoms with Crippen LogP contribution in [0.4, 0.5) is 16.1 Å². The van der Waals surface area contributed by atoms with Crippen LogP contribution in [0.5, 0.6) is 0 Å². The molecule has 0 unspecified atom stereocenters. The van der Waals surface area contributed by atoms with Gasteiger partial charge in [0.25, 0.3) is 0 Å². The van der Waals surface area contributed by atoms with Gasteiger partial charge in [0.15, 0.2) is 0 Å². The Kier molecular flexibility index (Phi) is 3.88. The first kappa shape index (κ1) is 12.5. The van der Waals surface area contributed by atoms with Gasteiger partial charge in [0.2, 0.25) is 5.89 Å². The fourth-order valence-electron chi connectivity index (χ4n) is 1.50. The van der Waals surface area contributed by atoms with E-state index < -0.39 is 0 Å². The lowest BCUT2D eigenvalue weighted by Gasteiger charge is -2.06. The number of aromatic nitrogens is 2. The largest absolute Gasteiger partial charge is 0.406 e. The summed E-state index contributed by atoms with van der Waals surface area (Å²) in [6.45, 7) is 5.11. The van der Waals surface area contributed by atoms with Crippen molar-refractivity contribution in [2.75, 3.05) is 11.9 Å². The van der Waals surface area contributed by atoms with E-state index in [1.54, 1.807) is 19.1 Å². The molecular weight excluding hydrogens is 235 g/mol. The summed E-state index contributed by atoms with van der Waals surface area (Å²) in [5.74, 6) is 0.120. The highest BCUT2D eigenvalue weighted by Gasteiger charge is 2.10. The molecule has 0 atom stereocenters. The molecule has 0 saturated carbocycles. The fourth-order valence-corrected chi connectivity index (χ4v) is 1.50. The Labute approximate surface area is 104 Å². The number of nitrogens with zero attached hydrogens (tertiary/aromatic N) is 2. The third kappa shape index (κ3) is 2.84. The number of hydrogen-bond donors (Lipinski definition) is 2. The number of para-hydroxylation sites is 1. The van der Waals surface area contributed by atoms with Crippen molar-refractivity contribution in [2.45, 2.75) is 20.4 Å². The lowest BCUT2D eigenvalue weighted by molar-refractivity contribution is 0.483. The number of hydrogen-bond acceptors (Lipinski definition) is 5. The summed E-state index contributed by atoms with van der Waals surface area (Å²) in [7, 11) is 0. The molecule has 1 aromatic carbocycles. The fraction of sp³-hybridized carbons (Fsp3) is 0.333. The number of halogens is 1. The van der Waals surface area contributed by atoms with Gasteiger partial charge in [-0.2, -0.15) is 0 Å². The molecule has 2 rings (SSSR count). The van der Waals surface area contributed by atoms with Crippen molar-refractivity contribution >= 4 is 11.7 Å². The van der Waals surface area contributed by atoms with E-state index in [9.17, 15) is 4.39 Å². The maximum Gasteiger partial charge on any atom is 0.320 e. The highest BCUT2D eigenvalue weighted by atomic mass is 19.1. The Morgan fingerprint density at radius 2 is 2.17 bits per heavy atom. The smallest absolute Gasteiger partial charge is 0.320 e. The Morgan fingerprint density at radius 1 is 1.33 bits per heavy atom. The standard InChI is InChI=1S/C12H15FN4O/c1-3-14-7-10-16-17-12(18-10)15-11-8(2)5-4-6-9(11)13/h4-6,14H,3,7H2,1-2H3,(H,15,17). The van der Waals surface area contributed by atoms with Crippen LogP contribution in [-0.4, -0.2) is 16.7 Å². The molecular formula is C12H15FN4O. The van der Waals surface area contributed by atoms with Crippen LogP contribution in [0, 0.1) is 12.7 Å². The zero-order valence-electron chi connectivity index (χ0n) is 10.3. The van der Waals surface area contributed by atoms with E-state index in [1.165, 1.54) is 6.07 Å². The summed E-state index contributed by atoms with van der Waals surface area (Å²) >= 11 is 0. The molecule has 0 spiro atoms. The predicted octanol–water partition coefficient (Wildman–Crippen LogP) is 2.37. The zero-order valence-corrected chi connectivity index (χ0v) is 10.3. The topological polar surface area (TPSA) is 63.0 Å². The molecule has 0 aliphatic carbocycles. The molecule has 2 N–H and O–H groups in total. The van der Waals surface area contributed by atoms with E-state index in [-0.39, 0.29) is 11.8 Å². The monoisotopic (exact) mass is 250 g/mol. The van der Waals surface area contributed by atoms with Gasteiger partial charge < -0.3 is 15.1 Å². The molecule has 0 aliphatic rings. The Balaban J connectivity index is 2.11. The van der Waals surface area contributed by atoms with Crippen molar-refractivity contribution in [2.24, 2.45) is 0 Å². The molecule has 18 heavy (non-hydrogen) atoms. The van der Waals surface area contributed by atoms with E-state index in [0.717, 1.165) is 12.1 Å². The summed E-state index contributed by atoms with van der Waals surface area (Å²) < 4.78 is 18.9. The van der Waals surface area contributed by atoms with Crippen LogP contribution in [0.25, 0.3) is 0 Å². The van der Waals surface area contributed by atoms with Crippen LogP contribution < -0.4 is 10.6 Å². The SMILES string of the molecule is CCNCc1nnc(Nc2c(C)cccc2F)o1. The van der Waals surface area contributed by atoms with Gasteiger partial charge in [-0.3, -0.25) is 0 Å². The second-order valence-electron chi connectivity index (χ2n) is 3.84. The van der Waals surface area contributed by atoms with Gasteiger partial charge in [0.05, 0.1) is 12.2 Å². The normalized spacial score (nSPS) is 10.6. The van der Waals surface area contributed by atoms with Gasteiger partial charge in [0.1, 0.15) is 5.82 Å². The summed E-state index contributed by atoms with van der Waals surface area (Å²) in [5.41, 5.74) is 1.14. The van der Waals surface area contributed by atoms with E-state index in [4.69, 9.17) is 4.42 Å². The highest BCUT2D eigenvalue weighted by molar-refractivity contribution is 5.57. The van der Waals surface area contributed by atoms with Gasteiger partial charge in [-0.15, -0.1) is 5.10 Å². The van der Waals surface area contributed by atoms with Crippen LogP contribution in [0.3, 0.4) is 0 Å². The van der Waals surface area contributed by atoms with Gasteiger partial charge in [-0.25, -0.2) is 4.39 Å². The maximum absolute atomic E-state index is 13.6. The minimum atomic E-state index is -0.346. The van der Waals surface area contributed by atoms with E-state index in [2.05, 4.69) is 20.8 Å². The van der Waals surface area contributed by atoms with Gasteiger partial charge in [-0.1, -0.05) is 24.2 Å². The van der Waals surface area contributed by atoms with E-state index in [0.29, 0.717) is 18.1 Å². The first-order chi connectivity index (χ1) is 8.70. The predicted molar refractivity (Wildman–Crippen MR) is 66.1 cm³/mol. The molecule has 0 amide bonds. The molecule has 1 heterocycles.